The molecule has 0 aromatic heterocycles. The van der Waals surface area contributed by atoms with Gasteiger partial charge in [0.2, 0.25) is 5.91 Å². The van der Waals surface area contributed by atoms with E-state index in [9.17, 15) is 19.4 Å². The van der Waals surface area contributed by atoms with E-state index in [1.54, 1.807) is 6.08 Å². The van der Waals surface area contributed by atoms with E-state index in [4.69, 9.17) is 9.05 Å². The third-order valence-corrected chi connectivity index (χ3v) is 17.0. The Morgan fingerprint density at radius 2 is 0.729 bits per heavy atom. The average Bonchev–Trinajstić information content (AvgIpc) is 3.48. The standard InChI is InChI=1S/C76H139N2O6P/c1-6-8-10-12-14-16-18-20-22-24-26-28-30-32-34-36-37-38-39-40-41-42-44-46-48-50-52-54-56-58-60-62-64-66-68-70-76(80)77-74(73-84-85(81,82)83-72-71-78(3,4)5)75(79)69-67-65-63-61-59-57-55-53-51-49-47-45-43-35-33-31-29-27-25-23-21-19-17-15-13-11-9-7-2/h8,10,14,16,20,22,26,28,32,34,51,53,59,61,67,69,74-75,79H,6-7,9,11-13,15,17-19,21,23-25,27,29-31,33,35-50,52,54-58,60,62-66,68,70-73H2,1-5H3,(H-,77,80,81,82)/b10-8-,16-14-,22-20-,28-26-,34-32-,53-51+,61-59+,69-67+. The molecule has 0 aliphatic rings. The first-order valence-electron chi connectivity index (χ1n) is 36.1. The van der Waals surface area contributed by atoms with Crippen LogP contribution in [0.1, 0.15) is 328 Å². The van der Waals surface area contributed by atoms with Crippen molar-refractivity contribution in [2.45, 2.75) is 341 Å². The van der Waals surface area contributed by atoms with Crippen LogP contribution in [0.2, 0.25) is 0 Å². The van der Waals surface area contributed by atoms with Gasteiger partial charge >= 0.3 is 0 Å². The van der Waals surface area contributed by atoms with Crippen molar-refractivity contribution in [3.63, 3.8) is 0 Å². The minimum atomic E-state index is -4.62. The van der Waals surface area contributed by atoms with Crippen molar-refractivity contribution >= 4 is 13.7 Å². The number of rotatable bonds is 66. The van der Waals surface area contributed by atoms with Gasteiger partial charge in [-0.05, 0) is 89.9 Å². The molecular weight excluding hydrogens is 1070 g/mol. The SMILES string of the molecule is CC/C=C\C/C=C\C/C=C\C/C=C\C/C=C\CCCCCCCCCCCCCCCCCCCCCC(=O)NC(COP(=O)([O-])OCC[N+](C)(C)C)C(O)/C=C/CC/C=C/CC/C=C/CCCCCCCCCCCCCCCCCCCC. The van der Waals surface area contributed by atoms with E-state index in [1.165, 1.54) is 231 Å². The van der Waals surface area contributed by atoms with Crippen molar-refractivity contribution in [2.75, 3.05) is 40.9 Å². The van der Waals surface area contributed by atoms with Crippen LogP contribution in [0.3, 0.4) is 0 Å². The maximum Gasteiger partial charge on any atom is 0.268 e. The van der Waals surface area contributed by atoms with Gasteiger partial charge in [0.05, 0.1) is 39.9 Å². The Bertz CT molecular complexity index is 1710. The first kappa shape index (κ1) is 82.4. The summed E-state index contributed by atoms with van der Waals surface area (Å²) in [6.07, 6.45) is 95.5. The van der Waals surface area contributed by atoms with Crippen LogP contribution in [0.25, 0.3) is 0 Å². The Labute approximate surface area is 528 Å². The second-order valence-corrected chi connectivity index (χ2v) is 27.0. The number of amides is 1. The lowest BCUT2D eigenvalue weighted by atomic mass is 10.0. The molecule has 85 heavy (non-hydrogen) atoms. The number of likely N-dealkylation sites (N-methyl/N-ethyl adjacent to an activating group) is 1. The number of phosphoric ester groups is 1. The van der Waals surface area contributed by atoms with Crippen molar-refractivity contribution in [2.24, 2.45) is 0 Å². The van der Waals surface area contributed by atoms with E-state index in [0.29, 0.717) is 17.4 Å². The minimum absolute atomic E-state index is 0.0109. The van der Waals surface area contributed by atoms with E-state index in [1.807, 2.05) is 27.2 Å². The van der Waals surface area contributed by atoms with Gasteiger partial charge in [0.25, 0.3) is 7.82 Å². The summed E-state index contributed by atoms with van der Waals surface area (Å²) >= 11 is 0. The third-order valence-electron chi connectivity index (χ3n) is 16.0. The molecule has 8 nitrogen and oxygen atoms in total. The predicted octanol–water partition coefficient (Wildman–Crippen LogP) is 22.6. The molecule has 2 N–H and O–H groups in total. The lowest BCUT2D eigenvalue weighted by Gasteiger charge is -2.29. The van der Waals surface area contributed by atoms with Gasteiger partial charge in [-0.2, -0.15) is 0 Å². The van der Waals surface area contributed by atoms with E-state index < -0.39 is 26.6 Å². The highest BCUT2D eigenvalue weighted by Crippen LogP contribution is 2.38. The predicted molar refractivity (Wildman–Crippen MR) is 371 cm³/mol. The number of nitrogens with zero attached hydrogens (tertiary/aromatic N) is 1. The molecule has 0 aliphatic carbocycles. The molecule has 0 saturated carbocycles. The zero-order valence-corrected chi connectivity index (χ0v) is 57.4. The van der Waals surface area contributed by atoms with Crippen molar-refractivity contribution in [3.8, 4) is 0 Å². The number of carbonyl (C=O) groups is 1. The van der Waals surface area contributed by atoms with E-state index in [2.05, 4.69) is 104 Å². The maximum absolute atomic E-state index is 13.0. The quantitative estimate of drug-likeness (QED) is 0.0272. The highest BCUT2D eigenvalue weighted by molar-refractivity contribution is 7.45. The van der Waals surface area contributed by atoms with E-state index in [-0.39, 0.29) is 12.5 Å². The number of carbonyl (C=O) groups excluding carboxylic acids is 1. The molecular formula is C76H139N2O6P. The van der Waals surface area contributed by atoms with Crippen LogP contribution < -0.4 is 10.2 Å². The van der Waals surface area contributed by atoms with Gasteiger partial charge in [0, 0.05) is 6.42 Å². The molecule has 0 aromatic rings. The fraction of sp³-hybridized carbons (Fsp3) is 0.776. The molecule has 9 heteroatoms. The molecule has 0 aliphatic heterocycles. The largest absolute Gasteiger partial charge is 0.756 e. The Hall–Kier alpha value is -2.58. The topological polar surface area (TPSA) is 108 Å². The van der Waals surface area contributed by atoms with Crippen LogP contribution in [0, 0.1) is 0 Å². The van der Waals surface area contributed by atoms with E-state index >= 15 is 0 Å². The Kier molecular flexibility index (Phi) is 63.9. The lowest BCUT2D eigenvalue weighted by Crippen LogP contribution is -2.45. The molecule has 3 unspecified atom stereocenters. The van der Waals surface area contributed by atoms with Crippen molar-refractivity contribution < 1.29 is 32.9 Å². The average molecular weight is 1210 g/mol. The number of phosphoric acid groups is 1. The van der Waals surface area contributed by atoms with E-state index in [0.717, 1.165) is 77.0 Å². The van der Waals surface area contributed by atoms with Gasteiger partial charge in [-0.3, -0.25) is 9.36 Å². The summed E-state index contributed by atoms with van der Waals surface area (Å²) in [7, 11) is 1.24. The molecule has 1 amide bonds. The summed E-state index contributed by atoms with van der Waals surface area (Å²) < 4.78 is 23.4. The van der Waals surface area contributed by atoms with Gasteiger partial charge in [-0.1, -0.05) is 329 Å². The Balaban J connectivity index is 4.09. The summed E-state index contributed by atoms with van der Waals surface area (Å²) in [5, 5.41) is 13.9. The summed E-state index contributed by atoms with van der Waals surface area (Å²) in [4.78, 5) is 25.6. The van der Waals surface area contributed by atoms with Gasteiger partial charge in [0.1, 0.15) is 13.2 Å². The number of nitrogens with one attached hydrogen (secondary N) is 1. The minimum Gasteiger partial charge on any atom is -0.756 e. The molecule has 0 fully saturated rings. The summed E-state index contributed by atoms with van der Waals surface area (Å²) in [6.45, 7) is 4.54. The smallest absolute Gasteiger partial charge is 0.268 e. The van der Waals surface area contributed by atoms with Crippen LogP contribution >= 0.6 is 7.82 Å². The monoisotopic (exact) mass is 1210 g/mol. The van der Waals surface area contributed by atoms with Gasteiger partial charge < -0.3 is 28.8 Å². The second kappa shape index (κ2) is 65.9. The number of aliphatic hydroxyl groups excluding tert-OH is 1. The molecule has 0 saturated heterocycles. The first-order valence-corrected chi connectivity index (χ1v) is 37.6. The summed E-state index contributed by atoms with van der Waals surface area (Å²) in [6, 6.07) is -0.915. The number of allylic oxidation sites excluding steroid dienone is 15. The van der Waals surface area contributed by atoms with Crippen LogP contribution in [0.5, 0.6) is 0 Å². The Morgan fingerprint density at radius 3 is 1.09 bits per heavy atom. The molecule has 0 bridgehead atoms. The number of aliphatic hydroxyl groups is 1. The fourth-order valence-electron chi connectivity index (χ4n) is 10.5. The highest BCUT2D eigenvalue weighted by Gasteiger charge is 2.23. The molecule has 0 heterocycles. The van der Waals surface area contributed by atoms with Gasteiger partial charge in [-0.15, -0.1) is 0 Å². The van der Waals surface area contributed by atoms with Crippen LogP contribution in [-0.4, -0.2) is 68.5 Å². The van der Waals surface area contributed by atoms with Crippen molar-refractivity contribution in [3.05, 3.63) is 97.2 Å². The van der Waals surface area contributed by atoms with Gasteiger partial charge in [-0.25, -0.2) is 0 Å². The molecule has 0 rings (SSSR count). The zero-order valence-electron chi connectivity index (χ0n) is 56.5. The normalized spacial score (nSPS) is 14.2. The second-order valence-electron chi connectivity index (χ2n) is 25.5. The summed E-state index contributed by atoms with van der Waals surface area (Å²) in [5.41, 5.74) is 0. The highest BCUT2D eigenvalue weighted by atomic mass is 31.2. The van der Waals surface area contributed by atoms with Crippen molar-refractivity contribution in [1.82, 2.24) is 5.32 Å². The number of unbranched alkanes of at least 4 members (excludes halogenated alkanes) is 39. The fourth-order valence-corrected chi connectivity index (χ4v) is 11.2. The molecule has 3 atom stereocenters. The lowest BCUT2D eigenvalue weighted by molar-refractivity contribution is -0.870. The molecule has 494 valence electrons. The molecule has 0 spiro atoms. The number of hydrogen-bond donors (Lipinski definition) is 2. The van der Waals surface area contributed by atoms with Gasteiger partial charge in [0.15, 0.2) is 0 Å². The zero-order chi connectivity index (χ0) is 61.9. The van der Waals surface area contributed by atoms with Crippen molar-refractivity contribution in [1.29, 1.82) is 0 Å². The number of quaternary nitrogens is 1. The number of hydrogen-bond acceptors (Lipinski definition) is 6. The van der Waals surface area contributed by atoms with Crippen LogP contribution in [0.4, 0.5) is 0 Å². The first-order chi connectivity index (χ1) is 41.5. The third kappa shape index (κ3) is 68.8. The molecule has 0 aromatic carbocycles. The molecule has 0 radical (unpaired) electrons. The summed E-state index contributed by atoms with van der Waals surface area (Å²) in [5.74, 6) is -0.209. The van der Waals surface area contributed by atoms with Crippen LogP contribution in [-0.2, 0) is 18.4 Å². The maximum atomic E-state index is 13.0. The van der Waals surface area contributed by atoms with Crippen LogP contribution in [0.15, 0.2) is 97.2 Å². The Morgan fingerprint density at radius 1 is 0.424 bits per heavy atom.